The fourth-order valence-corrected chi connectivity index (χ4v) is 12.0. The van der Waals surface area contributed by atoms with Crippen molar-refractivity contribution in [1.82, 2.24) is 55.1 Å². The molecule has 78 heavy (non-hydrogen) atoms. The minimum absolute atomic E-state index is 0.0643. The summed E-state index contributed by atoms with van der Waals surface area (Å²) in [6, 6.07) is 12.3. The standard InChI is InChI=1S/C56H73FN14O6S/c1-36-29-70(32-50(72)71-34-56(7,8)51-47(71)22-40(25-59-51)21-39-9-11-41(57)12-10-39)42(26-58-36)30-68-18-19-75-44(31-68)33-77-43-27-60-54(61-28-43)69-15-13-67(14-16-69)17-20-76-48-24-46-45(23-49(48)78(73,74)55(4,5)6)53(63-35-62-46)64-52-37(2)38(3)65-66-52/h9-12,22-25,27-28,35-36,42,44,58H,13-21,26,29-34H2,1-8H3,(H2,62,63,64,65,66)/t36-,42-,44?/m1/s1. The second-order valence-electron chi connectivity index (χ2n) is 22.8. The number of benzene rings is 2. The van der Waals surface area contributed by atoms with Crippen molar-refractivity contribution < 1.29 is 31.8 Å². The number of piperazine rings is 2. The van der Waals surface area contributed by atoms with E-state index in [0.717, 1.165) is 73.0 Å². The normalized spacial score (nSPS) is 20.5. The molecule has 0 radical (unpaired) electrons. The van der Waals surface area contributed by atoms with Gasteiger partial charge in [0.1, 0.15) is 47.9 Å². The minimum atomic E-state index is -3.83. The number of halogens is 1. The van der Waals surface area contributed by atoms with Gasteiger partial charge in [0.25, 0.3) is 0 Å². The Morgan fingerprint density at radius 1 is 0.910 bits per heavy atom. The van der Waals surface area contributed by atoms with Crippen LogP contribution in [0.1, 0.15) is 69.6 Å². The topological polar surface area (TPSA) is 212 Å². The van der Waals surface area contributed by atoms with Crippen LogP contribution < -0.4 is 29.9 Å². The number of nitrogens with zero attached hydrogens (tertiary/aromatic N) is 11. The number of aryl methyl sites for hydroxylation is 1. The van der Waals surface area contributed by atoms with E-state index in [1.807, 2.05) is 24.9 Å². The number of hydrogen-bond donors (Lipinski definition) is 3. The molecule has 1 unspecified atom stereocenters. The number of rotatable bonds is 17. The van der Waals surface area contributed by atoms with Crippen molar-refractivity contribution in [3.63, 3.8) is 0 Å². The molecule has 3 N–H and O–H groups in total. The van der Waals surface area contributed by atoms with Crippen LogP contribution in [0, 0.1) is 19.7 Å². The van der Waals surface area contributed by atoms with E-state index >= 15 is 0 Å². The summed E-state index contributed by atoms with van der Waals surface area (Å²) in [4.78, 5) is 48.6. The quantitative estimate of drug-likeness (QED) is 0.103. The number of carbonyl (C=O) groups is 1. The van der Waals surface area contributed by atoms with E-state index in [1.54, 1.807) is 57.4 Å². The molecule has 8 heterocycles. The third-order valence-corrected chi connectivity index (χ3v) is 18.0. The number of hydrogen-bond acceptors (Lipinski definition) is 18. The van der Waals surface area contributed by atoms with Gasteiger partial charge in [-0.25, -0.2) is 32.7 Å². The molecule has 0 saturated carbocycles. The SMILES string of the molecule is Cc1[nH]nc(Nc2ncnc3cc(OCCN4CCN(c5ncc(OCC6CN(C[C@H]7CN[C@H](C)CN7CC(=O)N7CC(C)(C)c8ncc(Cc9ccc(F)cc9)cc87)CCO6)cn5)CC4)c(S(=O)(=O)C(C)(C)C)cc23)c1C. The first-order valence-electron chi connectivity index (χ1n) is 27.0. The maximum Gasteiger partial charge on any atom is 0.241 e. The number of carbonyl (C=O) groups excluding carboxylic acids is 1. The van der Waals surface area contributed by atoms with Crippen LogP contribution in [0.5, 0.6) is 11.5 Å². The summed E-state index contributed by atoms with van der Waals surface area (Å²) in [6.45, 7) is 24.7. The Kier molecular flexibility index (Phi) is 16.0. The van der Waals surface area contributed by atoms with E-state index in [1.165, 1.54) is 18.5 Å². The van der Waals surface area contributed by atoms with Gasteiger partial charge in [-0.2, -0.15) is 5.10 Å². The van der Waals surface area contributed by atoms with Gasteiger partial charge >= 0.3 is 0 Å². The fraction of sp³-hybridized carbons (Fsp3) is 0.518. The number of nitrogens with one attached hydrogen (secondary N) is 3. The van der Waals surface area contributed by atoms with Gasteiger partial charge in [0.15, 0.2) is 21.4 Å². The van der Waals surface area contributed by atoms with Crippen LogP contribution in [-0.2, 0) is 31.2 Å². The van der Waals surface area contributed by atoms with E-state index in [4.69, 9.17) is 19.2 Å². The van der Waals surface area contributed by atoms with Crippen molar-refractivity contribution >= 4 is 49.9 Å². The zero-order valence-electron chi connectivity index (χ0n) is 46.1. The smallest absolute Gasteiger partial charge is 0.241 e. The van der Waals surface area contributed by atoms with Crippen molar-refractivity contribution in [2.75, 3.05) is 113 Å². The van der Waals surface area contributed by atoms with Crippen molar-refractivity contribution in [2.24, 2.45) is 0 Å². The molecule has 416 valence electrons. The third-order valence-electron chi connectivity index (χ3n) is 15.4. The highest BCUT2D eigenvalue weighted by Crippen LogP contribution is 2.41. The number of ether oxygens (including phenoxy) is 3. The molecule has 2 aromatic carbocycles. The molecule has 10 rings (SSSR count). The molecular formula is C56H73FN14O6S. The number of sulfone groups is 1. The zero-order valence-corrected chi connectivity index (χ0v) is 46.9. The van der Waals surface area contributed by atoms with Gasteiger partial charge in [-0.05, 0) is 83.4 Å². The maximum absolute atomic E-state index is 14.3. The van der Waals surface area contributed by atoms with Gasteiger partial charge in [-0.15, -0.1) is 0 Å². The van der Waals surface area contributed by atoms with Crippen LogP contribution >= 0.6 is 0 Å². The van der Waals surface area contributed by atoms with Gasteiger partial charge in [-0.1, -0.05) is 26.0 Å². The predicted octanol–water partition coefficient (Wildman–Crippen LogP) is 5.47. The summed E-state index contributed by atoms with van der Waals surface area (Å²) in [5.41, 5.74) is 5.86. The summed E-state index contributed by atoms with van der Waals surface area (Å²) < 4.78 is 59.2. The number of anilines is 4. The van der Waals surface area contributed by atoms with Crippen LogP contribution in [0.25, 0.3) is 10.9 Å². The first kappa shape index (κ1) is 54.9. The number of morpholine rings is 1. The van der Waals surface area contributed by atoms with E-state index in [9.17, 15) is 17.6 Å². The first-order chi connectivity index (χ1) is 37.3. The molecule has 3 fully saturated rings. The highest BCUT2D eigenvalue weighted by molar-refractivity contribution is 7.92. The van der Waals surface area contributed by atoms with Crippen molar-refractivity contribution in [3.8, 4) is 11.5 Å². The van der Waals surface area contributed by atoms with E-state index in [2.05, 4.69) is 87.2 Å². The molecule has 0 aliphatic carbocycles. The molecule has 4 aliphatic heterocycles. The molecule has 0 spiro atoms. The Balaban J connectivity index is 0.692. The number of aromatic amines is 1. The van der Waals surface area contributed by atoms with Crippen molar-refractivity contribution in [3.05, 3.63) is 101 Å². The summed E-state index contributed by atoms with van der Waals surface area (Å²) in [5, 5.41) is 14.7. The van der Waals surface area contributed by atoms with Crippen LogP contribution in [0.4, 0.5) is 27.7 Å². The first-order valence-corrected chi connectivity index (χ1v) is 28.5. The van der Waals surface area contributed by atoms with E-state index < -0.39 is 14.6 Å². The molecule has 0 bridgehead atoms. The zero-order chi connectivity index (χ0) is 54.9. The van der Waals surface area contributed by atoms with E-state index in [-0.39, 0.29) is 52.6 Å². The molecule has 4 aromatic heterocycles. The lowest BCUT2D eigenvalue weighted by molar-refractivity contribution is -0.121. The highest BCUT2D eigenvalue weighted by Gasteiger charge is 2.41. The summed E-state index contributed by atoms with van der Waals surface area (Å²) in [7, 11) is -3.83. The lowest BCUT2D eigenvalue weighted by Crippen LogP contribution is -2.61. The number of pyridine rings is 1. The Hall–Kier alpha value is -6.43. The second-order valence-corrected chi connectivity index (χ2v) is 25.5. The number of fused-ring (bicyclic) bond motifs is 2. The molecule has 20 nitrogen and oxygen atoms in total. The van der Waals surface area contributed by atoms with Gasteiger partial charge in [0, 0.05) is 118 Å². The Morgan fingerprint density at radius 3 is 2.41 bits per heavy atom. The summed E-state index contributed by atoms with van der Waals surface area (Å²) in [6.07, 6.45) is 7.20. The van der Waals surface area contributed by atoms with Crippen molar-refractivity contribution in [1.29, 1.82) is 0 Å². The lowest BCUT2D eigenvalue weighted by atomic mass is 9.91. The molecular weight excluding hydrogens is 1020 g/mol. The van der Waals surface area contributed by atoms with E-state index in [0.29, 0.717) is 93.1 Å². The Morgan fingerprint density at radius 2 is 1.68 bits per heavy atom. The molecule has 22 heteroatoms. The molecule has 6 aromatic rings. The number of amides is 1. The highest BCUT2D eigenvalue weighted by atomic mass is 32.2. The van der Waals surface area contributed by atoms with Gasteiger partial charge in [0.05, 0.1) is 47.2 Å². The minimum Gasteiger partial charge on any atom is -0.491 e. The van der Waals surface area contributed by atoms with Crippen LogP contribution in [0.3, 0.4) is 0 Å². The number of aromatic nitrogens is 7. The van der Waals surface area contributed by atoms with Gasteiger partial charge < -0.3 is 34.6 Å². The van der Waals surface area contributed by atoms with Gasteiger partial charge in [-0.3, -0.25) is 29.6 Å². The monoisotopic (exact) mass is 1090 g/mol. The summed E-state index contributed by atoms with van der Waals surface area (Å²) >= 11 is 0. The maximum atomic E-state index is 14.3. The molecule has 1 amide bonds. The Bertz CT molecular complexity index is 3200. The number of H-pyrrole nitrogens is 1. The fourth-order valence-electron chi connectivity index (χ4n) is 10.7. The molecule has 4 aliphatic rings. The lowest BCUT2D eigenvalue weighted by Gasteiger charge is -2.43. The average molecular weight is 1090 g/mol. The van der Waals surface area contributed by atoms with Crippen LogP contribution in [0.15, 0.2) is 72.3 Å². The van der Waals surface area contributed by atoms with Crippen LogP contribution in [-0.4, -0.2) is 185 Å². The second kappa shape index (κ2) is 22.7. The average Bonchev–Trinajstić information content (AvgIpc) is 4.09. The molecule has 3 atom stereocenters. The Labute approximate surface area is 456 Å². The summed E-state index contributed by atoms with van der Waals surface area (Å²) in [5.74, 6) is 2.29. The molecule has 3 saturated heterocycles. The third kappa shape index (κ3) is 12.2. The van der Waals surface area contributed by atoms with Crippen molar-refractivity contribution in [2.45, 2.75) is 95.1 Å². The largest absolute Gasteiger partial charge is 0.491 e. The van der Waals surface area contributed by atoms with Gasteiger partial charge in [0.2, 0.25) is 11.9 Å². The van der Waals surface area contributed by atoms with Crippen LogP contribution in [0.2, 0.25) is 0 Å². The predicted molar refractivity (Wildman–Crippen MR) is 297 cm³/mol.